The van der Waals surface area contributed by atoms with Crippen LogP contribution in [0.3, 0.4) is 0 Å². The number of aryl methyl sites for hydroxylation is 1. The molecule has 17 heavy (non-hydrogen) atoms. The summed E-state index contributed by atoms with van der Waals surface area (Å²) in [7, 11) is 0. The zero-order valence-corrected chi connectivity index (χ0v) is 10.8. The second kappa shape index (κ2) is 5.00. The van der Waals surface area contributed by atoms with Crippen molar-refractivity contribution in [2.75, 3.05) is 18.1 Å². The molecule has 1 heterocycles. The fourth-order valence-corrected chi connectivity index (χ4v) is 1.96. The van der Waals surface area contributed by atoms with Crippen molar-refractivity contribution in [3.05, 3.63) is 17.6 Å². The molecule has 0 bridgehead atoms. The maximum Gasteiger partial charge on any atom is 0.133 e. The average molecular weight is 235 g/mol. The first-order valence-corrected chi connectivity index (χ1v) is 6.35. The lowest BCUT2D eigenvalue weighted by Gasteiger charge is -2.23. The molecule has 94 valence electrons. The second-order valence-electron chi connectivity index (χ2n) is 5.03. The van der Waals surface area contributed by atoms with Gasteiger partial charge in [-0.1, -0.05) is 13.8 Å². The van der Waals surface area contributed by atoms with Crippen molar-refractivity contribution in [1.82, 2.24) is 9.97 Å². The van der Waals surface area contributed by atoms with Crippen molar-refractivity contribution in [1.29, 1.82) is 0 Å². The largest absolute Gasteiger partial charge is 0.395 e. The third kappa shape index (κ3) is 2.94. The Labute approximate surface area is 103 Å². The predicted molar refractivity (Wildman–Crippen MR) is 68.3 cm³/mol. The molecule has 1 aliphatic carbocycles. The molecule has 0 spiro atoms. The van der Waals surface area contributed by atoms with E-state index in [0.29, 0.717) is 18.5 Å². The normalized spacial score (nSPS) is 15.4. The molecule has 0 aromatic carbocycles. The van der Waals surface area contributed by atoms with E-state index in [0.717, 1.165) is 17.3 Å². The molecule has 0 atom stereocenters. The van der Waals surface area contributed by atoms with Crippen LogP contribution in [-0.2, 0) is 0 Å². The number of hydrogen-bond donors (Lipinski definition) is 1. The van der Waals surface area contributed by atoms with E-state index < -0.39 is 0 Å². The topological polar surface area (TPSA) is 49.2 Å². The summed E-state index contributed by atoms with van der Waals surface area (Å²) in [4.78, 5) is 11.3. The highest BCUT2D eigenvalue weighted by atomic mass is 16.3. The lowest BCUT2D eigenvalue weighted by Crippen LogP contribution is -2.30. The summed E-state index contributed by atoms with van der Waals surface area (Å²) in [5, 5.41) is 9.14. The summed E-state index contributed by atoms with van der Waals surface area (Å²) in [5.74, 6) is 2.20. The van der Waals surface area contributed by atoms with Gasteiger partial charge in [-0.3, -0.25) is 0 Å². The highest BCUT2D eigenvalue weighted by Gasteiger charge is 2.30. The molecule has 4 nitrogen and oxygen atoms in total. The Morgan fingerprint density at radius 1 is 1.41 bits per heavy atom. The Morgan fingerprint density at radius 3 is 2.65 bits per heavy atom. The van der Waals surface area contributed by atoms with Crippen LogP contribution in [0.2, 0.25) is 0 Å². The molecule has 1 saturated carbocycles. The first kappa shape index (κ1) is 12.3. The highest BCUT2D eigenvalue weighted by Crippen LogP contribution is 2.31. The molecule has 0 unspecified atom stereocenters. The lowest BCUT2D eigenvalue weighted by atomic mass is 10.2. The summed E-state index contributed by atoms with van der Waals surface area (Å²) >= 11 is 0. The van der Waals surface area contributed by atoms with Gasteiger partial charge in [0, 0.05) is 30.3 Å². The lowest BCUT2D eigenvalue weighted by molar-refractivity contribution is 0.301. The minimum Gasteiger partial charge on any atom is -0.395 e. The SMILES string of the molecule is Cc1cc(N(CCO)C2CC2)nc(C(C)C)n1. The third-order valence-corrected chi connectivity index (χ3v) is 3.00. The molecule has 4 heteroatoms. The predicted octanol–water partition coefficient (Wildman–Crippen LogP) is 1.87. The van der Waals surface area contributed by atoms with Crippen molar-refractivity contribution >= 4 is 5.82 Å². The Hall–Kier alpha value is -1.16. The monoisotopic (exact) mass is 235 g/mol. The van der Waals surface area contributed by atoms with Crippen molar-refractivity contribution in [2.45, 2.75) is 45.6 Å². The molecule has 1 aromatic rings. The quantitative estimate of drug-likeness (QED) is 0.846. The molecule has 1 aromatic heterocycles. The maximum absolute atomic E-state index is 9.14. The minimum atomic E-state index is 0.177. The van der Waals surface area contributed by atoms with E-state index in [4.69, 9.17) is 5.11 Å². The Balaban J connectivity index is 2.28. The zero-order valence-electron chi connectivity index (χ0n) is 10.8. The van der Waals surface area contributed by atoms with E-state index in [1.165, 1.54) is 12.8 Å². The number of aliphatic hydroxyl groups excluding tert-OH is 1. The fraction of sp³-hybridized carbons (Fsp3) is 0.692. The highest BCUT2D eigenvalue weighted by molar-refractivity contribution is 5.42. The van der Waals surface area contributed by atoms with Crippen LogP contribution in [0.5, 0.6) is 0 Å². The molecule has 0 aliphatic heterocycles. The van der Waals surface area contributed by atoms with Gasteiger partial charge in [-0.15, -0.1) is 0 Å². The first-order valence-electron chi connectivity index (χ1n) is 6.35. The molecule has 1 aliphatic rings. The fourth-order valence-electron chi connectivity index (χ4n) is 1.96. The van der Waals surface area contributed by atoms with Crippen molar-refractivity contribution in [2.24, 2.45) is 0 Å². The van der Waals surface area contributed by atoms with Crippen LogP contribution in [0.4, 0.5) is 5.82 Å². The Bertz CT molecular complexity index is 388. The van der Waals surface area contributed by atoms with Gasteiger partial charge < -0.3 is 10.0 Å². The molecule has 1 N–H and O–H groups in total. The Morgan fingerprint density at radius 2 is 2.12 bits per heavy atom. The van der Waals surface area contributed by atoms with E-state index in [2.05, 4.69) is 28.7 Å². The standard InChI is InChI=1S/C13H21N3O/c1-9(2)13-14-10(3)8-12(15-13)16(6-7-17)11-4-5-11/h8-9,11,17H,4-7H2,1-3H3. The van der Waals surface area contributed by atoms with Gasteiger partial charge in [0.15, 0.2) is 0 Å². The van der Waals surface area contributed by atoms with Crippen molar-refractivity contribution in [3.63, 3.8) is 0 Å². The average Bonchev–Trinajstić information content (AvgIpc) is 3.08. The molecule has 1 fully saturated rings. The zero-order chi connectivity index (χ0) is 12.4. The van der Waals surface area contributed by atoms with E-state index >= 15 is 0 Å². The second-order valence-corrected chi connectivity index (χ2v) is 5.03. The van der Waals surface area contributed by atoms with Gasteiger partial charge in [0.2, 0.25) is 0 Å². The van der Waals surface area contributed by atoms with Gasteiger partial charge in [-0.2, -0.15) is 0 Å². The number of rotatable bonds is 5. The molecular weight excluding hydrogens is 214 g/mol. The summed E-state index contributed by atoms with van der Waals surface area (Å²) in [6, 6.07) is 2.58. The summed E-state index contributed by atoms with van der Waals surface area (Å²) in [6.07, 6.45) is 2.42. The van der Waals surface area contributed by atoms with Gasteiger partial charge in [0.1, 0.15) is 11.6 Å². The van der Waals surface area contributed by atoms with Crippen LogP contribution in [0.15, 0.2) is 6.07 Å². The van der Waals surface area contributed by atoms with E-state index in [1.807, 2.05) is 13.0 Å². The molecule has 0 saturated heterocycles. The molecule has 0 radical (unpaired) electrons. The van der Waals surface area contributed by atoms with Gasteiger partial charge in [0.05, 0.1) is 6.61 Å². The number of aromatic nitrogens is 2. The van der Waals surface area contributed by atoms with E-state index in [9.17, 15) is 0 Å². The van der Waals surface area contributed by atoms with Crippen LogP contribution in [0.1, 0.15) is 44.1 Å². The number of nitrogens with zero attached hydrogens (tertiary/aromatic N) is 3. The van der Waals surface area contributed by atoms with Crippen LogP contribution >= 0.6 is 0 Å². The third-order valence-electron chi connectivity index (χ3n) is 3.00. The Kier molecular flexibility index (Phi) is 3.62. The number of anilines is 1. The number of hydrogen-bond acceptors (Lipinski definition) is 4. The van der Waals surface area contributed by atoms with E-state index in [1.54, 1.807) is 0 Å². The van der Waals surface area contributed by atoms with Crippen LogP contribution in [-0.4, -0.2) is 34.3 Å². The summed E-state index contributed by atoms with van der Waals surface area (Å²) in [6.45, 7) is 7.05. The van der Waals surface area contributed by atoms with Crippen LogP contribution < -0.4 is 4.90 Å². The molecule has 2 rings (SSSR count). The molecular formula is C13H21N3O. The first-order chi connectivity index (χ1) is 8.11. The van der Waals surface area contributed by atoms with Gasteiger partial charge >= 0.3 is 0 Å². The number of aliphatic hydroxyl groups is 1. The smallest absolute Gasteiger partial charge is 0.133 e. The summed E-state index contributed by atoms with van der Waals surface area (Å²) < 4.78 is 0. The van der Waals surface area contributed by atoms with Gasteiger partial charge in [0.25, 0.3) is 0 Å². The van der Waals surface area contributed by atoms with Gasteiger partial charge in [-0.05, 0) is 19.8 Å². The van der Waals surface area contributed by atoms with Crippen molar-refractivity contribution in [3.8, 4) is 0 Å². The minimum absolute atomic E-state index is 0.177. The maximum atomic E-state index is 9.14. The van der Waals surface area contributed by atoms with Crippen LogP contribution in [0.25, 0.3) is 0 Å². The van der Waals surface area contributed by atoms with Crippen molar-refractivity contribution < 1.29 is 5.11 Å². The van der Waals surface area contributed by atoms with E-state index in [-0.39, 0.29) is 6.61 Å². The van der Waals surface area contributed by atoms with Gasteiger partial charge in [-0.25, -0.2) is 9.97 Å². The summed E-state index contributed by atoms with van der Waals surface area (Å²) in [5.41, 5.74) is 1.00. The molecule has 0 amide bonds. The van der Waals surface area contributed by atoms with Crippen LogP contribution in [0, 0.1) is 6.92 Å².